The first-order valence-corrected chi connectivity index (χ1v) is 10.6. The molecule has 1 aliphatic rings. The highest BCUT2D eigenvalue weighted by Gasteiger charge is 2.46. The van der Waals surface area contributed by atoms with E-state index in [-0.39, 0.29) is 17.9 Å². The Morgan fingerprint density at radius 2 is 1.52 bits per heavy atom. The maximum absolute atomic E-state index is 13.2. The minimum atomic E-state index is -0.822. The van der Waals surface area contributed by atoms with Gasteiger partial charge in [-0.2, -0.15) is 0 Å². The Labute approximate surface area is 196 Å². The van der Waals surface area contributed by atoms with Gasteiger partial charge in [-0.25, -0.2) is 0 Å². The van der Waals surface area contributed by atoms with Gasteiger partial charge >= 0.3 is 0 Å². The van der Waals surface area contributed by atoms with Crippen molar-refractivity contribution in [2.24, 2.45) is 0 Å². The molecule has 1 unspecified atom stereocenters. The Morgan fingerprint density at radius 3 is 2.18 bits per heavy atom. The summed E-state index contributed by atoms with van der Waals surface area (Å²) in [4.78, 5) is 27.8. The molecule has 0 spiro atoms. The summed E-state index contributed by atoms with van der Waals surface area (Å²) in [5.41, 5.74) is 1.69. The van der Waals surface area contributed by atoms with E-state index in [9.17, 15) is 14.7 Å². The van der Waals surface area contributed by atoms with E-state index in [0.29, 0.717) is 27.6 Å². The van der Waals surface area contributed by atoms with Crippen LogP contribution in [0, 0.1) is 0 Å². The van der Waals surface area contributed by atoms with Crippen LogP contribution in [0.5, 0.6) is 11.5 Å². The van der Waals surface area contributed by atoms with E-state index in [4.69, 9.17) is 21.1 Å². The van der Waals surface area contributed by atoms with Crippen LogP contribution >= 0.6 is 11.6 Å². The summed E-state index contributed by atoms with van der Waals surface area (Å²) >= 11 is 6.07. The minimum absolute atomic E-state index is 0.0123. The fraction of sp³-hybridized carbons (Fsp3) is 0.154. The average molecular weight is 464 g/mol. The van der Waals surface area contributed by atoms with Gasteiger partial charge in [0.15, 0.2) is 0 Å². The molecule has 0 saturated carbocycles. The number of ketones is 1. The van der Waals surface area contributed by atoms with Gasteiger partial charge in [0.05, 0.1) is 37.9 Å². The summed E-state index contributed by atoms with van der Waals surface area (Å²) in [5.74, 6) is -0.793. The number of amides is 1. The molecule has 3 aromatic rings. The molecule has 3 aromatic carbocycles. The van der Waals surface area contributed by atoms with Gasteiger partial charge in [-0.3, -0.25) is 9.59 Å². The molecule has 33 heavy (non-hydrogen) atoms. The minimum Gasteiger partial charge on any atom is -0.507 e. The Morgan fingerprint density at radius 1 is 0.909 bits per heavy atom. The summed E-state index contributed by atoms with van der Waals surface area (Å²) in [6.45, 7) is 0.116. The fourth-order valence-electron chi connectivity index (χ4n) is 4.04. The van der Waals surface area contributed by atoms with Gasteiger partial charge in [0.25, 0.3) is 11.7 Å². The van der Waals surface area contributed by atoms with Crippen molar-refractivity contribution >= 4 is 29.1 Å². The van der Waals surface area contributed by atoms with Crippen molar-refractivity contribution in [3.63, 3.8) is 0 Å². The number of Topliss-reactive ketones (excluding diaryl/α,β-unsaturated/α-hetero) is 1. The van der Waals surface area contributed by atoms with Crippen molar-refractivity contribution in [1.29, 1.82) is 0 Å². The van der Waals surface area contributed by atoms with Crippen LogP contribution in [0.4, 0.5) is 0 Å². The third-order valence-electron chi connectivity index (χ3n) is 5.62. The first-order chi connectivity index (χ1) is 16.0. The molecule has 1 saturated heterocycles. The van der Waals surface area contributed by atoms with Crippen molar-refractivity contribution in [3.05, 3.63) is 100 Å². The molecular formula is C26H22ClNO5. The normalized spacial score (nSPS) is 17.3. The first kappa shape index (κ1) is 22.4. The number of nitrogens with zero attached hydrogens (tertiary/aromatic N) is 1. The van der Waals surface area contributed by atoms with Crippen LogP contribution in [0.3, 0.4) is 0 Å². The predicted molar refractivity (Wildman–Crippen MR) is 125 cm³/mol. The van der Waals surface area contributed by atoms with Gasteiger partial charge < -0.3 is 19.5 Å². The monoisotopic (exact) mass is 463 g/mol. The smallest absolute Gasteiger partial charge is 0.295 e. The van der Waals surface area contributed by atoms with Crippen LogP contribution in [-0.2, 0) is 16.1 Å². The Hall–Kier alpha value is -3.77. The highest BCUT2D eigenvalue weighted by molar-refractivity contribution is 6.46. The summed E-state index contributed by atoms with van der Waals surface area (Å²) in [6, 6.07) is 20.1. The first-order valence-electron chi connectivity index (χ1n) is 10.3. The summed E-state index contributed by atoms with van der Waals surface area (Å²) < 4.78 is 10.8. The van der Waals surface area contributed by atoms with Gasteiger partial charge in [0.1, 0.15) is 17.3 Å². The van der Waals surface area contributed by atoms with Gasteiger partial charge in [0, 0.05) is 10.6 Å². The standard InChI is InChI=1S/C26H22ClNO5/c1-32-20-9-5-3-7-17(20)15-28-23(16-11-13-18(27)14-12-16)22(25(30)26(28)31)24(29)19-8-4-6-10-21(19)33-2/h3-14,23,29H,15H2,1-2H3/b24-22-. The molecule has 4 rings (SSSR count). The number of aliphatic hydroxyl groups excluding tert-OH is 1. The molecule has 168 valence electrons. The van der Waals surface area contributed by atoms with Crippen LogP contribution in [0.25, 0.3) is 5.76 Å². The van der Waals surface area contributed by atoms with Crippen LogP contribution in [0.15, 0.2) is 78.4 Å². The Kier molecular flexibility index (Phi) is 6.38. The number of para-hydroxylation sites is 2. The van der Waals surface area contributed by atoms with Gasteiger partial charge in [-0.15, -0.1) is 0 Å². The Balaban J connectivity index is 1.89. The van der Waals surface area contributed by atoms with E-state index in [1.54, 1.807) is 61.7 Å². The number of rotatable bonds is 6. The lowest BCUT2D eigenvalue weighted by Crippen LogP contribution is -2.29. The average Bonchev–Trinajstić information content (AvgIpc) is 3.09. The van der Waals surface area contributed by atoms with Crippen molar-refractivity contribution in [3.8, 4) is 11.5 Å². The number of halogens is 1. The molecule has 6 nitrogen and oxygen atoms in total. The van der Waals surface area contributed by atoms with E-state index in [1.807, 2.05) is 18.2 Å². The molecule has 1 N–H and O–H groups in total. The Bertz CT molecular complexity index is 1240. The molecule has 1 heterocycles. The highest BCUT2D eigenvalue weighted by atomic mass is 35.5. The second-order valence-electron chi connectivity index (χ2n) is 7.49. The number of hydrogen-bond acceptors (Lipinski definition) is 5. The highest BCUT2D eigenvalue weighted by Crippen LogP contribution is 2.42. The van der Waals surface area contributed by atoms with Crippen molar-refractivity contribution in [2.75, 3.05) is 14.2 Å². The predicted octanol–water partition coefficient (Wildman–Crippen LogP) is 4.98. The summed E-state index contributed by atoms with van der Waals surface area (Å²) in [7, 11) is 3.02. The number of carbonyl (C=O) groups is 2. The maximum atomic E-state index is 13.2. The topological polar surface area (TPSA) is 76.1 Å². The number of methoxy groups -OCH3 is 2. The lowest BCUT2D eigenvalue weighted by atomic mass is 9.95. The SMILES string of the molecule is COc1ccccc1CN1C(=O)C(=O)/C(=C(\O)c2ccccc2OC)C1c1ccc(Cl)cc1. The number of benzene rings is 3. The lowest BCUT2D eigenvalue weighted by Gasteiger charge is -2.26. The molecule has 7 heteroatoms. The number of ether oxygens (including phenoxy) is 2. The molecule has 1 atom stereocenters. The van der Waals surface area contributed by atoms with Crippen LogP contribution in [-0.4, -0.2) is 35.9 Å². The van der Waals surface area contributed by atoms with Crippen molar-refractivity contribution in [2.45, 2.75) is 12.6 Å². The second-order valence-corrected chi connectivity index (χ2v) is 7.93. The molecule has 0 radical (unpaired) electrons. The van der Waals surface area contributed by atoms with E-state index in [1.165, 1.54) is 12.0 Å². The van der Waals surface area contributed by atoms with Crippen LogP contribution < -0.4 is 9.47 Å². The third kappa shape index (κ3) is 4.17. The zero-order valence-corrected chi connectivity index (χ0v) is 18.9. The van der Waals surface area contributed by atoms with Crippen molar-refractivity contribution < 1.29 is 24.2 Å². The third-order valence-corrected chi connectivity index (χ3v) is 5.87. The molecule has 0 aromatic heterocycles. The molecule has 1 amide bonds. The van der Waals surface area contributed by atoms with Gasteiger partial charge in [-0.1, -0.05) is 54.1 Å². The largest absolute Gasteiger partial charge is 0.507 e. The van der Waals surface area contributed by atoms with Gasteiger partial charge in [-0.05, 0) is 35.9 Å². The van der Waals surface area contributed by atoms with Crippen molar-refractivity contribution in [1.82, 2.24) is 4.90 Å². The van der Waals surface area contributed by atoms with E-state index in [2.05, 4.69) is 0 Å². The molecule has 0 bridgehead atoms. The van der Waals surface area contributed by atoms with E-state index < -0.39 is 17.7 Å². The number of carbonyl (C=O) groups excluding carboxylic acids is 2. The summed E-state index contributed by atoms with van der Waals surface area (Å²) in [5, 5.41) is 11.8. The lowest BCUT2D eigenvalue weighted by molar-refractivity contribution is -0.140. The van der Waals surface area contributed by atoms with Gasteiger partial charge in [0.2, 0.25) is 0 Å². The molecule has 1 fully saturated rings. The van der Waals surface area contributed by atoms with Crippen LogP contribution in [0.2, 0.25) is 5.02 Å². The zero-order valence-electron chi connectivity index (χ0n) is 18.1. The second kappa shape index (κ2) is 9.38. The molecular weight excluding hydrogens is 442 g/mol. The molecule has 1 aliphatic heterocycles. The number of aliphatic hydroxyl groups is 1. The number of likely N-dealkylation sites (tertiary alicyclic amines) is 1. The number of hydrogen-bond donors (Lipinski definition) is 1. The van der Waals surface area contributed by atoms with E-state index >= 15 is 0 Å². The van der Waals surface area contributed by atoms with E-state index in [0.717, 1.165) is 5.56 Å². The maximum Gasteiger partial charge on any atom is 0.295 e. The molecule has 0 aliphatic carbocycles. The quantitative estimate of drug-likeness (QED) is 0.317. The zero-order chi connectivity index (χ0) is 23.5. The van der Waals surface area contributed by atoms with Crippen LogP contribution in [0.1, 0.15) is 22.7 Å². The fourth-order valence-corrected chi connectivity index (χ4v) is 4.16. The summed E-state index contributed by atoms with van der Waals surface area (Å²) in [6.07, 6.45) is 0.